The Morgan fingerprint density at radius 1 is 1.22 bits per heavy atom. The summed E-state index contributed by atoms with van der Waals surface area (Å²) in [5, 5.41) is 0. The summed E-state index contributed by atoms with van der Waals surface area (Å²) in [4.78, 5) is 26.0. The molecule has 2 rings (SSSR count). The minimum Gasteiger partial charge on any atom is -0.468 e. The molecule has 0 aromatic rings. The quantitative estimate of drug-likeness (QED) is 0.562. The van der Waals surface area contributed by atoms with Crippen LogP contribution in [-0.2, 0) is 14.3 Å². The average molecular weight is 253 g/mol. The number of ketones is 1. The lowest BCUT2D eigenvalue weighted by Gasteiger charge is -2.24. The first-order valence-electron chi connectivity index (χ1n) is 6.79. The highest BCUT2D eigenvalue weighted by Gasteiger charge is 2.41. The van der Waals surface area contributed by atoms with Gasteiger partial charge in [0.2, 0.25) is 0 Å². The van der Waals surface area contributed by atoms with E-state index in [9.17, 15) is 9.59 Å². The van der Waals surface area contributed by atoms with E-state index in [2.05, 4.69) is 4.90 Å². The molecule has 102 valence electrons. The summed E-state index contributed by atoms with van der Waals surface area (Å²) in [5.74, 6) is 1.08. The summed E-state index contributed by atoms with van der Waals surface area (Å²) < 4.78 is 4.70. The molecule has 1 saturated carbocycles. The molecule has 0 spiro atoms. The third kappa shape index (κ3) is 2.44. The summed E-state index contributed by atoms with van der Waals surface area (Å²) in [7, 11) is 1.33. The van der Waals surface area contributed by atoms with Gasteiger partial charge in [0.05, 0.1) is 13.7 Å². The first-order valence-corrected chi connectivity index (χ1v) is 6.79. The van der Waals surface area contributed by atoms with Gasteiger partial charge in [-0.15, -0.1) is 0 Å². The molecule has 0 bridgehead atoms. The van der Waals surface area contributed by atoms with Gasteiger partial charge < -0.3 is 4.74 Å². The van der Waals surface area contributed by atoms with Crippen molar-refractivity contribution in [3.8, 4) is 0 Å². The standard InChI is InChI=1S/C14H23NO3/c1-14(2,13(17)18-3)12(16)9-15-7-10-5-4-6-11(10)8-15/h10-11H,4-9H2,1-3H3. The van der Waals surface area contributed by atoms with Crippen molar-refractivity contribution in [1.29, 1.82) is 0 Å². The molecule has 4 heteroatoms. The largest absolute Gasteiger partial charge is 0.468 e. The van der Waals surface area contributed by atoms with Crippen LogP contribution in [0.5, 0.6) is 0 Å². The number of likely N-dealkylation sites (tertiary alicyclic amines) is 1. The molecule has 0 N–H and O–H groups in total. The first kappa shape index (κ1) is 13.5. The molecule has 0 aromatic carbocycles. The Kier molecular flexibility index (Phi) is 3.76. The number of hydrogen-bond donors (Lipinski definition) is 0. The number of nitrogens with zero attached hydrogens (tertiary/aromatic N) is 1. The summed E-state index contributed by atoms with van der Waals surface area (Å²) in [5.41, 5.74) is -1.02. The number of Topliss-reactive ketones (excluding diaryl/α,β-unsaturated/α-hetero) is 1. The van der Waals surface area contributed by atoms with E-state index in [1.54, 1.807) is 13.8 Å². The molecule has 0 amide bonds. The SMILES string of the molecule is COC(=O)C(C)(C)C(=O)CN1CC2CCCC2C1. The number of esters is 1. The Labute approximate surface area is 109 Å². The predicted molar refractivity (Wildman–Crippen MR) is 68.1 cm³/mol. The van der Waals surface area contributed by atoms with Crippen LogP contribution in [0.1, 0.15) is 33.1 Å². The van der Waals surface area contributed by atoms with Crippen LogP contribution in [0.25, 0.3) is 0 Å². The highest BCUT2D eigenvalue weighted by atomic mass is 16.5. The van der Waals surface area contributed by atoms with E-state index in [1.807, 2.05) is 0 Å². The van der Waals surface area contributed by atoms with E-state index in [0.717, 1.165) is 24.9 Å². The summed E-state index contributed by atoms with van der Waals surface area (Å²) >= 11 is 0. The van der Waals surface area contributed by atoms with Crippen LogP contribution in [0.15, 0.2) is 0 Å². The minimum absolute atomic E-state index is 0.0330. The zero-order valence-corrected chi connectivity index (χ0v) is 11.6. The number of hydrogen-bond acceptors (Lipinski definition) is 4. The van der Waals surface area contributed by atoms with Crippen LogP contribution >= 0.6 is 0 Å². The highest BCUT2D eigenvalue weighted by Crippen LogP contribution is 2.37. The second-order valence-corrected chi connectivity index (χ2v) is 6.18. The normalized spacial score (nSPS) is 28.2. The fourth-order valence-electron chi connectivity index (χ4n) is 3.23. The van der Waals surface area contributed by atoms with Crippen LogP contribution in [0, 0.1) is 17.3 Å². The Bertz CT molecular complexity index is 339. The molecule has 1 aliphatic heterocycles. The van der Waals surface area contributed by atoms with E-state index in [1.165, 1.54) is 26.4 Å². The molecule has 0 radical (unpaired) electrons. The van der Waals surface area contributed by atoms with Gasteiger partial charge in [0.15, 0.2) is 5.78 Å². The lowest BCUT2D eigenvalue weighted by Crippen LogP contribution is -2.41. The maximum Gasteiger partial charge on any atom is 0.318 e. The number of fused-ring (bicyclic) bond motifs is 1. The molecule has 2 unspecified atom stereocenters. The van der Waals surface area contributed by atoms with E-state index < -0.39 is 11.4 Å². The average Bonchev–Trinajstić information content (AvgIpc) is 2.88. The summed E-state index contributed by atoms with van der Waals surface area (Å²) in [6.45, 7) is 5.73. The van der Waals surface area contributed by atoms with Crippen molar-refractivity contribution in [2.24, 2.45) is 17.3 Å². The second kappa shape index (κ2) is 5.00. The van der Waals surface area contributed by atoms with E-state index >= 15 is 0 Å². The van der Waals surface area contributed by atoms with Crippen LogP contribution in [0.3, 0.4) is 0 Å². The van der Waals surface area contributed by atoms with Gasteiger partial charge in [-0.2, -0.15) is 0 Å². The maximum atomic E-state index is 12.2. The molecule has 18 heavy (non-hydrogen) atoms. The number of carbonyl (C=O) groups excluding carboxylic acids is 2. The van der Waals surface area contributed by atoms with E-state index in [0.29, 0.717) is 6.54 Å². The van der Waals surface area contributed by atoms with E-state index in [4.69, 9.17) is 4.74 Å². The number of carbonyl (C=O) groups is 2. The van der Waals surface area contributed by atoms with Crippen molar-refractivity contribution < 1.29 is 14.3 Å². The number of rotatable bonds is 4. The molecule has 2 fully saturated rings. The van der Waals surface area contributed by atoms with Gasteiger partial charge >= 0.3 is 5.97 Å². The molecule has 2 atom stereocenters. The van der Waals surface area contributed by atoms with Gasteiger partial charge in [0.1, 0.15) is 5.41 Å². The van der Waals surface area contributed by atoms with Crippen LogP contribution in [0.2, 0.25) is 0 Å². The first-order chi connectivity index (χ1) is 8.45. The van der Waals surface area contributed by atoms with Gasteiger partial charge in [0, 0.05) is 13.1 Å². The Morgan fingerprint density at radius 3 is 2.28 bits per heavy atom. The lowest BCUT2D eigenvalue weighted by molar-refractivity contribution is -0.156. The number of ether oxygens (including phenoxy) is 1. The molecular weight excluding hydrogens is 230 g/mol. The fraction of sp³-hybridized carbons (Fsp3) is 0.857. The monoisotopic (exact) mass is 253 g/mol. The van der Waals surface area contributed by atoms with Gasteiger partial charge in [-0.25, -0.2) is 0 Å². The van der Waals surface area contributed by atoms with Crippen molar-refractivity contribution >= 4 is 11.8 Å². The van der Waals surface area contributed by atoms with Crippen molar-refractivity contribution in [2.75, 3.05) is 26.7 Å². The van der Waals surface area contributed by atoms with Crippen LogP contribution < -0.4 is 0 Å². The summed E-state index contributed by atoms with van der Waals surface area (Å²) in [6, 6.07) is 0. The lowest BCUT2D eigenvalue weighted by atomic mass is 9.88. The molecule has 1 heterocycles. The third-order valence-electron chi connectivity index (χ3n) is 4.56. The van der Waals surface area contributed by atoms with Gasteiger partial charge in [-0.3, -0.25) is 14.5 Å². The second-order valence-electron chi connectivity index (χ2n) is 6.18. The maximum absolute atomic E-state index is 12.2. The Balaban J connectivity index is 1.90. The molecule has 1 aliphatic carbocycles. The van der Waals surface area contributed by atoms with Crippen molar-refractivity contribution in [2.45, 2.75) is 33.1 Å². The molecule has 1 saturated heterocycles. The van der Waals surface area contributed by atoms with Gasteiger partial charge in [0.25, 0.3) is 0 Å². The Hall–Kier alpha value is -0.900. The van der Waals surface area contributed by atoms with Crippen molar-refractivity contribution in [3.63, 3.8) is 0 Å². The number of methoxy groups -OCH3 is 1. The van der Waals surface area contributed by atoms with Crippen molar-refractivity contribution in [3.05, 3.63) is 0 Å². The minimum atomic E-state index is -1.02. The predicted octanol–water partition coefficient (Wildman–Crippen LogP) is 1.49. The molecule has 2 aliphatic rings. The summed E-state index contributed by atoms with van der Waals surface area (Å²) in [6.07, 6.45) is 3.94. The highest BCUT2D eigenvalue weighted by molar-refractivity contribution is 6.03. The van der Waals surface area contributed by atoms with Crippen molar-refractivity contribution in [1.82, 2.24) is 4.90 Å². The van der Waals surface area contributed by atoms with Gasteiger partial charge in [-0.05, 0) is 38.5 Å². The molecule has 0 aromatic heterocycles. The van der Waals surface area contributed by atoms with Gasteiger partial charge in [-0.1, -0.05) is 6.42 Å². The smallest absolute Gasteiger partial charge is 0.318 e. The molecule has 4 nitrogen and oxygen atoms in total. The van der Waals surface area contributed by atoms with Crippen LogP contribution in [0.4, 0.5) is 0 Å². The zero-order valence-electron chi connectivity index (χ0n) is 11.6. The molecular formula is C14H23NO3. The van der Waals surface area contributed by atoms with Crippen LogP contribution in [-0.4, -0.2) is 43.4 Å². The Morgan fingerprint density at radius 2 is 1.78 bits per heavy atom. The zero-order chi connectivity index (χ0) is 13.3. The third-order valence-corrected chi connectivity index (χ3v) is 4.56. The topological polar surface area (TPSA) is 46.6 Å². The van der Waals surface area contributed by atoms with E-state index in [-0.39, 0.29) is 5.78 Å². The fourth-order valence-corrected chi connectivity index (χ4v) is 3.23.